The lowest BCUT2D eigenvalue weighted by Crippen LogP contribution is -2.29. The number of ether oxygens (including phenoxy) is 2. The Kier molecular flexibility index (Phi) is 7.49. The minimum atomic E-state index is -0.541. The largest absolute Gasteiger partial charge is 0.507 e. The molecule has 1 aliphatic heterocycles. The second-order valence-corrected chi connectivity index (χ2v) is 9.78. The number of rotatable bonds is 9. The fourth-order valence-corrected chi connectivity index (χ4v) is 5.08. The molecule has 196 valence electrons. The molecular weight excluding hydrogens is 525 g/mol. The van der Waals surface area contributed by atoms with Crippen molar-refractivity contribution in [2.24, 2.45) is 0 Å². The van der Waals surface area contributed by atoms with Gasteiger partial charge in [0.15, 0.2) is 11.5 Å². The Labute approximate surface area is 230 Å². The number of phenols is 1. The summed E-state index contributed by atoms with van der Waals surface area (Å²) in [5, 5.41) is 19.0. The molecule has 0 spiro atoms. The van der Waals surface area contributed by atoms with Gasteiger partial charge in [-0.25, -0.2) is 0 Å². The Balaban J connectivity index is 1.67. The molecule has 9 heteroatoms. The molecule has 1 aromatic heterocycles. The molecule has 2 heterocycles. The minimum Gasteiger partial charge on any atom is -0.507 e. The van der Waals surface area contributed by atoms with Crippen LogP contribution in [0.1, 0.15) is 53.5 Å². The van der Waals surface area contributed by atoms with Crippen molar-refractivity contribution >= 4 is 29.1 Å². The molecule has 5 rings (SSSR count). The van der Waals surface area contributed by atoms with Gasteiger partial charge in [0.25, 0.3) is 5.91 Å². The molecule has 0 fully saturated rings. The van der Waals surface area contributed by atoms with Crippen molar-refractivity contribution in [1.29, 1.82) is 0 Å². The van der Waals surface area contributed by atoms with Gasteiger partial charge in [-0.2, -0.15) is 5.10 Å². The highest BCUT2D eigenvalue weighted by Gasteiger charge is 2.43. The van der Waals surface area contributed by atoms with Gasteiger partial charge in [0.2, 0.25) is 0 Å². The zero-order valence-electron chi connectivity index (χ0n) is 21.0. The number of H-pyrrole nitrogens is 1. The quantitative estimate of drug-likeness (QED) is 0.233. The number of phenolic OH excluding ortho intramolecular Hbond substituents is 1. The van der Waals surface area contributed by atoms with Crippen LogP contribution in [0.2, 0.25) is 10.0 Å². The first-order chi connectivity index (χ1) is 18.4. The third-order valence-corrected chi connectivity index (χ3v) is 7.02. The molecule has 3 aromatic carbocycles. The maximum absolute atomic E-state index is 13.8. The summed E-state index contributed by atoms with van der Waals surface area (Å²) in [6.07, 6.45) is 0.862. The molecule has 1 amide bonds. The average Bonchev–Trinajstić information content (AvgIpc) is 3.45. The molecule has 38 heavy (non-hydrogen) atoms. The third-order valence-electron chi connectivity index (χ3n) is 6.42. The van der Waals surface area contributed by atoms with Crippen LogP contribution in [-0.4, -0.2) is 39.3 Å². The number of halogens is 2. The minimum absolute atomic E-state index is 0.0118. The molecule has 4 aromatic rings. The highest BCUT2D eigenvalue weighted by molar-refractivity contribution is 6.31. The zero-order valence-corrected chi connectivity index (χ0v) is 22.5. The summed E-state index contributed by atoms with van der Waals surface area (Å²) in [5.41, 5.74) is 3.49. The zero-order chi connectivity index (χ0) is 26.8. The van der Waals surface area contributed by atoms with Crippen LogP contribution in [0.15, 0.2) is 60.7 Å². The summed E-state index contributed by atoms with van der Waals surface area (Å²) in [4.78, 5) is 15.5. The second kappa shape index (κ2) is 11.0. The summed E-state index contributed by atoms with van der Waals surface area (Å²) in [5.74, 6) is 1.01. The monoisotopic (exact) mass is 551 g/mol. The van der Waals surface area contributed by atoms with Crippen molar-refractivity contribution < 1.29 is 19.4 Å². The van der Waals surface area contributed by atoms with E-state index in [9.17, 15) is 9.90 Å². The molecule has 2 N–H and O–H groups in total. The summed E-state index contributed by atoms with van der Waals surface area (Å²) >= 11 is 12.8. The number of benzene rings is 3. The number of carbonyl (C=O) groups excluding carboxylic acids is 1. The number of carbonyl (C=O) groups is 1. The van der Waals surface area contributed by atoms with Gasteiger partial charge in [0.05, 0.1) is 19.3 Å². The van der Waals surface area contributed by atoms with Crippen LogP contribution in [0.25, 0.3) is 11.3 Å². The summed E-state index contributed by atoms with van der Waals surface area (Å²) < 4.78 is 11.8. The fourth-order valence-electron chi connectivity index (χ4n) is 4.71. The highest BCUT2D eigenvalue weighted by Crippen LogP contribution is 2.47. The van der Waals surface area contributed by atoms with Crippen molar-refractivity contribution in [2.75, 3.05) is 13.2 Å². The van der Waals surface area contributed by atoms with E-state index >= 15 is 0 Å². The number of fused-ring (bicyclic) bond motifs is 1. The molecule has 1 aliphatic rings. The maximum Gasteiger partial charge on any atom is 0.273 e. The predicted molar refractivity (Wildman–Crippen MR) is 147 cm³/mol. The normalized spacial score (nSPS) is 14.6. The van der Waals surface area contributed by atoms with Gasteiger partial charge in [0, 0.05) is 27.7 Å². The Bertz CT molecular complexity index is 1490. The van der Waals surface area contributed by atoms with E-state index in [0.717, 1.165) is 17.5 Å². The van der Waals surface area contributed by atoms with E-state index in [1.54, 1.807) is 23.1 Å². The van der Waals surface area contributed by atoms with Crippen molar-refractivity contribution in [1.82, 2.24) is 15.1 Å². The van der Waals surface area contributed by atoms with Crippen LogP contribution in [0.3, 0.4) is 0 Å². The molecule has 1 atom stereocenters. The topological polar surface area (TPSA) is 87.7 Å². The number of nitrogens with one attached hydrogen (secondary N) is 1. The van der Waals surface area contributed by atoms with Crippen LogP contribution in [0, 0.1) is 0 Å². The van der Waals surface area contributed by atoms with Gasteiger partial charge in [-0.1, -0.05) is 54.4 Å². The summed E-state index contributed by atoms with van der Waals surface area (Å²) in [7, 11) is 0. The van der Waals surface area contributed by atoms with E-state index in [0.29, 0.717) is 57.3 Å². The van der Waals surface area contributed by atoms with Crippen LogP contribution in [0.5, 0.6) is 17.2 Å². The lowest BCUT2D eigenvalue weighted by molar-refractivity contribution is 0.0730. The Morgan fingerprint density at radius 1 is 1.03 bits per heavy atom. The molecule has 0 saturated carbocycles. The van der Waals surface area contributed by atoms with Gasteiger partial charge >= 0.3 is 0 Å². The summed E-state index contributed by atoms with van der Waals surface area (Å²) in [6.45, 7) is 5.23. The van der Waals surface area contributed by atoms with Gasteiger partial charge in [-0.3, -0.25) is 9.89 Å². The lowest BCUT2D eigenvalue weighted by atomic mass is 9.95. The maximum atomic E-state index is 13.8. The molecule has 0 radical (unpaired) electrons. The van der Waals surface area contributed by atoms with E-state index in [-0.39, 0.29) is 18.2 Å². The van der Waals surface area contributed by atoms with E-state index in [1.165, 1.54) is 6.07 Å². The van der Waals surface area contributed by atoms with Crippen molar-refractivity contribution in [3.8, 4) is 28.5 Å². The van der Waals surface area contributed by atoms with Crippen molar-refractivity contribution in [2.45, 2.75) is 32.9 Å². The second-order valence-electron chi connectivity index (χ2n) is 8.94. The number of aromatic nitrogens is 2. The van der Waals surface area contributed by atoms with E-state index < -0.39 is 6.04 Å². The first kappa shape index (κ1) is 25.9. The van der Waals surface area contributed by atoms with Crippen LogP contribution < -0.4 is 9.47 Å². The SMILES string of the molecule is CCCOc1ccc(C2c3c(-c4cc(Cl)ccc4O)n[nH]c3C(=O)N2Cc2ccccc2Cl)cc1OCC. The molecule has 0 bridgehead atoms. The third kappa shape index (κ3) is 4.79. The van der Waals surface area contributed by atoms with Gasteiger partial charge < -0.3 is 19.5 Å². The number of aromatic hydroxyl groups is 1. The van der Waals surface area contributed by atoms with Gasteiger partial charge in [-0.05, 0) is 60.9 Å². The van der Waals surface area contributed by atoms with Crippen LogP contribution in [0.4, 0.5) is 0 Å². The summed E-state index contributed by atoms with van der Waals surface area (Å²) in [6, 6.07) is 17.3. The van der Waals surface area contributed by atoms with E-state index in [4.69, 9.17) is 32.7 Å². The smallest absolute Gasteiger partial charge is 0.273 e. The Morgan fingerprint density at radius 2 is 1.84 bits per heavy atom. The Hall–Kier alpha value is -3.68. The highest BCUT2D eigenvalue weighted by atomic mass is 35.5. The number of aromatic amines is 1. The Morgan fingerprint density at radius 3 is 2.61 bits per heavy atom. The lowest BCUT2D eigenvalue weighted by Gasteiger charge is -2.27. The number of amides is 1. The average molecular weight is 552 g/mol. The van der Waals surface area contributed by atoms with E-state index in [2.05, 4.69) is 10.2 Å². The van der Waals surface area contributed by atoms with Crippen LogP contribution in [-0.2, 0) is 6.54 Å². The first-order valence-electron chi connectivity index (χ1n) is 12.4. The standard InChI is InChI=1S/C29H27Cl2N3O4/c1-3-13-38-23-12-9-17(14-24(23)37-4-2)28-25-26(20-15-19(30)10-11-22(20)35)32-33-27(25)29(36)34(28)16-18-7-5-6-8-21(18)31/h5-12,14-15,28,35H,3-4,13,16H2,1-2H3,(H,32,33). The van der Waals surface area contributed by atoms with Gasteiger partial charge in [-0.15, -0.1) is 0 Å². The van der Waals surface area contributed by atoms with Gasteiger partial charge in [0.1, 0.15) is 17.1 Å². The molecule has 0 aliphatic carbocycles. The van der Waals surface area contributed by atoms with Crippen molar-refractivity contribution in [3.63, 3.8) is 0 Å². The first-order valence-corrected chi connectivity index (χ1v) is 13.2. The molecular formula is C29H27Cl2N3O4. The predicted octanol–water partition coefficient (Wildman–Crippen LogP) is 7.02. The fraction of sp³-hybridized carbons (Fsp3) is 0.241. The van der Waals surface area contributed by atoms with Crippen molar-refractivity contribution in [3.05, 3.63) is 93.1 Å². The number of hydrogen-bond donors (Lipinski definition) is 2. The van der Waals surface area contributed by atoms with Crippen LogP contribution >= 0.6 is 23.2 Å². The molecule has 0 saturated heterocycles. The number of nitrogens with zero attached hydrogens (tertiary/aromatic N) is 2. The number of hydrogen-bond acceptors (Lipinski definition) is 5. The van der Waals surface area contributed by atoms with E-state index in [1.807, 2.05) is 50.2 Å². The molecule has 7 nitrogen and oxygen atoms in total. The molecule has 1 unspecified atom stereocenters.